The van der Waals surface area contributed by atoms with Crippen LogP contribution in [0.3, 0.4) is 0 Å². The van der Waals surface area contributed by atoms with Gasteiger partial charge in [-0.15, -0.1) is 0 Å². The lowest BCUT2D eigenvalue weighted by molar-refractivity contribution is -0.145. The maximum atomic E-state index is 11.7. The number of morpholine rings is 1. The van der Waals surface area contributed by atoms with Crippen molar-refractivity contribution in [3.8, 4) is 0 Å². The summed E-state index contributed by atoms with van der Waals surface area (Å²) in [5, 5.41) is 12.9. The van der Waals surface area contributed by atoms with E-state index < -0.39 is 11.5 Å². The van der Waals surface area contributed by atoms with Crippen molar-refractivity contribution in [1.82, 2.24) is 10.2 Å². The first kappa shape index (κ1) is 14.8. The van der Waals surface area contributed by atoms with E-state index in [1.807, 2.05) is 13.8 Å². The lowest BCUT2D eigenvalue weighted by Gasteiger charge is -2.38. The molecule has 2 rings (SSSR count). The van der Waals surface area contributed by atoms with Crippen LogP contribution < -0.4 is 5.32 Å². The van der Waals surface area contributed by atoms with E-state index in [4.69, 9.17) is 4.74 Å². The highest BCUT2D eigenvalue weighted by molar-refractivity contribution is 5.79. The molecule has 1 aliphatic heterocycles. The first-order chi connectivity index (χ1) is 8.94. The molecule has 3 unspecified atom stereocenters. The molecule has 3 atom stereocenters. The minimum Gasteiger partial charge on any atom is -0.480 e. The zero-order valence-corrected chi connectivity index (χ0v) is 12.2. The van der Waals surface area contributed by atoms with Gasteiger partial charge in [0.05, 0.1) is 13.2 Å². The summed E-state index contributed by atoms with van der Waals surface area (Å²) in [5.41, 5.74) is -0.739. The first-order valence-corrected chi connectivity index (χ1v) is 7.29. The van der Waals surface area contributed by atoms with Crippen LogP contribution in [0.4, 0.5) is 0 Å². The second-order valence-corrected chi connectivity index (χ2v) is 6.24. The average molecular weight is 270 g/mol. The number of ether oxygens (including phenoxy) is 1. The fourth-order valence-corrected chi connectivity index (χ4v) is 3.52. The number of rotatable bonds is 4. The molecule has 1 aliphatic carbocycles. The van der Waals surface area contributed by atoms with Gasteiger partial charge in [0.2, 0.25) is 0 Å². The number of aliphatic carboxylic acids is 1. The molecule has 2 N–H and O–H groups in total. The van der Waals surface area contributed by atoms with Crippen molar-refractivity contribution in [2.45, 2.75) is 63.7 Å². The number of hydrogen-bond acceptors (Lipinski definition) is 4. The molecule has 110 valence electrons. The van der Waals surface area contributed by atoms with Crippen LogP contribution >= 0.6 is 0 Å². The molecule has 1 saturated carbocycles. The molecule has 0 aromatic carbocycles. The fraction of sp³-hybridized carbons (Fsp3) is 0.929. The maximum absolute atomic E-state index is 11.7. The van der Waals surface area contributed by atoms with Gasteiger partial charge in [-0.2, -0.15) is 0 Å². The molecule has 1 saturated heterocycles. The van der Waals surface area contributed by atoms with E-state index in [0.717, 1.165) is 32.6 Å². The summed E-state index contributed by atoms with van der Waals surface area (Å²) in [6.07, 6.45) is 2.37. The predicted molar refractivity (Wildman–Crippen MR) is 73.3 cm³/mol. The van der Waals surface area contributed by atoms with Crippen LogP contribution in [0.1, 0.15) is 40.0 Å². The molecule has 2 aliphatic rings. The second-order valence-electron chi connectivity index (χ2n) is 6.24. The third kappa shape index (κ3) is 3.09. The van der Waals surface area contributed by atoms with E-state index in [1.165, 1.54) is 0 Å². The molecule has 5 heteroatoms. The predicted octanol–water partition coefficient (Wildman–Crippen LogP) is 1.08. The first-order valence-electron chi connectivity index (χ1n) is 7.29. The van der Waals surface area contributed by atoms with Gasteiger partial charge in [0.1, 0.15) is 5.54 Å². The Morgan fingerprint density at radius 1 is 1.53 bits per heavy atom. The van der Waals surface area contributed by atoms with Crippen molar-refractivity contribution in [1.29, 1.82) is 0 Å². The zero-order valence-electron chi connectivity index (χ0n) is 12.2. The minimum absolute atomic E-state index is 0.192. The van der Waals surface area contributed by atoms with Crippen molar-refractivity contribution in [3.63, 3.8) is 0 Å². The fourth-order valence-electron chi connectivity index (χ4n) is 3.52. The summed E-state index contributed by atoms with van der Waals surface area (Å²) >= 11 is 0. The van der Waals surface area contributed by atoms with Crippen molar-refractivity contribution < 1.29 is 14.6 Å². The SMILES string of the molecule is CC(C)NC1(C(=O)O)CCC(N2CCOCC2C)C1. The van der Waals surface area contributed by atoms with E-state index in [0.29, 0.717) is 18.5 Å². The quantitative estimate of drug-likeness (QED) is 0.800. The molecule has 19 heavy (non-hydrogen) atoms. The van der Waals surface area contributed by atoms with E-state index >= 15 is 0 Å². The lowest BCUT2D eigenvalue weighted by atomic mass is 9.96. The summed E-state index contributed by atoms with van der Waals surface area (Å²) < 4.78 is 5.46. The van der Waals surface area contributed by atoms with E-state index in [9.17, 15) is 9.90 Å². The number of carboxylic acids is 1. The van der Waals surface area contributed by atoms with Gasteiger partial charge in [-0.1, -0.05) is 0 Å². The molecule has 0 aromatic heterocycles. The molecule has 5 nitrogen and oxygen atoms in total. The van der Waals surface area contributed by atoms with Gasteiger partial charge in [-0.3, -0.25) is 15.0 Å². The van der Waals surface area contributed by atoms with Crippen molar-refractivity contribution in [2.24, 2.45) is 0 Å². The highest BCUT2D eigenvalue weighted by Gasteiger charge is 2.48. The number of hydrogen-bond donors (Lipinski definition) is 2. The van der Waals surface area contributed by atoms with Crippen LogP contribution in [-0.2, 0) is 9.53 Å². The average Bonchev–Trinajstić information content (AvgIpc) is 2.74. The van der Waals surface area contributed by atoms with E-state index in [-0.39, 0.29) is 6.04 Å². The molecular weight excluding hydrogens is 244 g/mol. The van der Waals surface area contributed by atoms with Crippen LogP contribution in [0.15, 0.2) is 0 Å². The molecule has 0 amide bonds. The Hall–Kier alpha value is -0.650. The maximum Gasteiger partial charge on any atom is 0.323 e. The van der Waals surface area contributed by atoms with Gasteiger partial charge >= 0.3 is 5.97 Å². The van der Waals surface area contributed by atoms with Gasteiger partial charge in [-0.05, 0) is 40.0 Å². The molecule has 2 fully saturated rings. The van der Waals surface area contributed by atoms with Gasteiger partial charge in [0, 0.05) is 24.7 Å². The summed E-state index contributed by atoms with van der Waals surface area (Å²) in [6.45, 7) is 8.62. The van der Waals surface area contributed by atoms with Crippen LogP contribution in [0.25, 0.3) is 0 Å². The zero-order chi connectivity index (χ0) is 14.0. The van der Waals surface area contributed by atoms with Crippen molar-refractivity contribution >= 4 is 5.97 Å². The summed E-state index contributed by atoms with van der Waals surface area (Å²) in [4.78, 5) is 14.1. The minimum atomic E-state index is -0.739. The third-order valence-electron chi connectivity index (χ3n) is 4.35. The third-order valence-corrected chi connectivity index (χ3v) is 4.35. The highest BCUT2D eigenvalue weighted by Crippen LogP contribution is 2.35. The van der Waals surface area contributed by atoms with Gasteiger partial charge in [0.25, 0.3) is 0 Å². The molecule has 0 bridgehead atoms. The number of nitrogens with one attached hydrogen (secondary N) is 1. The highest BCUT2D eigenvalue weighted by atomic mass is 16.5. The molecule has 0 aromatic rings. The number of nitrogens with zero attached hydrogens (tertiary/aromatic N) is 1. The smallest absolute Gasteiger partial charge is 0.323 e. The van der Waals surface area contributed by atoms with Crippen LogP contribution in [0.5, 0.6) is 0 Å². The van der Waals surface area contributed by atoms with Crippen LogP contribution in [0.2, 0.25) is 0 Å². The second kappa shape index (κ2) is 5.77. The topological polar surface area (TPSA) is 61.8 Å². The number of carboxylic acid groups (broad SMARTS) is 1. The standard InChI is InChI=1S/C14H26N2O3/c1-10(2)15-14(13(17)18)5-4-12(8-14)16-6-7-19-9-11(16)3/h10-12,15H,4-9H2,1-3H3,(H,17,18). The Labute approximate surface area is 115 Å². The van der Waals surface area contributed by atoms with Crippen LogP contribution in [0, 0.1) is 0 Å². The van der Waals surface area contributed by atoms with Gasteiger partial charge in [-0.25, -0.2) is 0 Å². The number of carbonyl (C=O) groups is 1. The lowest BCUT2D eigenvalue weighted by Crippen LogP contribution is -2.55. The molecule has 0 spiro atoms. The monoisotopic (exact) mass is 270 g/mol. The Morgan fingerprint density at radius 3 is 2.84 bits per heavy atom. The van der Waals surface area contributed by atoms with Gasteiger partial charge in [0.15, 0.2) is 0 Å². The summed E-state index contributed by atoms with van der Waals surface area (Å²) in [5.74, 6) is -0.704. The Balaban J connectivity index is 2.05. The Kier molecular flexibility index (Phi) is 4.48. The Morgan fingerprint density at radius 2 is 2.26 bits per heavy atom. The molecular formula is C14H26N2O3. The Bertz CT molecular complexity index is 335. The molecule has 0 radical (unpaired) electrons. The van der Waals surface area contributed by atoms with Crippen LogP contribution in [-0.4, -0.2) is 59.4 Å². The largest absolute Gasteiger partial charge is 0.480 e. The van der Waals surface area contributed by atoms with Crippen molar-refractivity contribution in [3.05, 3.63) is 0 Å². The van der Waals surface area contributed by atoms with E-state index in [1.54, 1.807) is 0 Å². The van der Waals surface area contributed by atoms with Crippen molar-refractivity contribution in [2.75, 3.05) is 19.8 Å². The molecule has 1 heterocycles. The van der Waals surface area contributed by atoms with E-state index in [2.05, 4.69) is 17.1 Å². The van der Waals surface area contributed by atoms with Gasteiger partial charge < -0.3 is 9.84 Å². The normalized spacial score (nSPS) is 36.8. The summed E-state index contributed by atoms with van der Waals surface area (Å²) in [7, 11) is 0. The summed E-state index contributed by atoms with van der Waals surface area (Å²) in [6, 6.07) is 0.945.